The predicted octanol–water partition coefficient (Wildman–Crippen LogP) is 2.53. The molecule has 3 nitrogen and oxygen atoms in total. The number of hydrogen-bond acceptors (Lipinski definition) is 1. The quantitative estimate of drug-likeness (QED) is 0.772. The van der Waals surface area contributed by atoms with Gasteiger partial charge in [-0.25, -0.2) is 0 Å². The Hall–Kier alpha value is -1.03. The van der Waals surface area contributed by atoms with E-state index in [9.17, 15) is 4.79 Å². The molecule has 4 heteroatoms. The van der Waals surface area contributed by atoms with Crippen molar-refractivity contribution in [3.8, 4) is 0 Å². The first-order valence-electron chi connectivity index (χ1n) is 4.82. The third-order valence-electron chi connectivity index (χ3n) is 2.17. The summed E-state index contributed by atoms with van der Waals surface area (Å²) < 4.78 is 2.85. The number of nitrogens with zero attached hydrogens (tertiary/aromatic N) is 2. The molecule has 0 aromatic carbocycles. The van der Waals surface area contributed by atoms with Crippen molar-refractivity contribution >= 4 is 21.8 Å². The summed E-state index contributed by atoms with van der Waals surface area (Å²) in [5.74, 6) is 0.0162. The van der Waals surface area contributed by atoms with Gasteiger partial charge in [0.05, 0.1) is 0 Å². The highest BCUT2D eigenvalue weighted by atomic mass is 79.9. The van der Waals surface area contributed by atoms with E-state index in [4.69, 9.17) is 0 Å². The SMILES string of the molecule is C=CCN(C)C(=O)c1cc(Br)cn1CC. The van der Waals surface area contributed by atoms with Crippen LogP contribution in [0.2, 0.25) is 0 Å². The summed E-state index contributed by atoms with van der Waals surface area (Å²) in [6, 6.07) is 1.84. The number of aryl methyl sites for hydroxylation is 1. The van der Waals surface area contributed by atoms with E-state index < -0.39 is 0 Å². The Balaban J connectivity index is 2.94. The molecule has 0 radical (unpaired) electrons. The van der Waals surface area contributed by atoms with Gasteiger partial charge in [-0.05, 0) is 28.9 Å². The lowest BCUT2D eigenvalue weighted by atomic mass is 10.3. The first-order valence-corrected chi connectivity index (χ1v) is 5.61. The average molecular weight is 271 g/mol. The van der Waals surface area contributed by atoms with Gasteiger partial charge in [-0.2, -0.15) is 0 Å². The van der Waals surface area contributed by atoms with Crippen molar-refractivity contribution in [2.24, 2.45) is 0 Å². The zero-order chi connectivity index (χ0) is 11.4. The molecule has 0 saturated carbocycles. The summed E-state index contributed by atoms with van der Waals surface area (Å²) in [5, 5.41) is 0. The van der Waals surface area contributed by atoms with Crippen LogP contribution in [0.15, 0.2) is 29.4 Å². The fraction of sp³-hybridized carbons (Fsp3) is 0.364. The second kappa shape index (κ2) is 5.16. The Morgan fingerprint density at radius 1 is 1.73 bits per heavy atom. The highest BCUT2D eigenvalue weighted by Crippen LogP contribution is 2.16. The maximum atomic E-state index is 12.0. The first-order chi connectivity index (χ1) is 7.10. The highest BCUT2D eigenvalue weighted by molar-refractivity contribution is 9.10. The fourth-order valence-electron chi connectivity index (χ4n) is 1.39. The Morgan fingerprint density at radius 3 is 2.93 bits per heavy atom. The van der Waals surface area contributed by atoms with Gasteiger partial charge in [0.25, 0.3) is 5.91 Å². The highest BCUT2D eigenvalue weighted by Gasteiger charge is 2.15. The normalized spacial score (nSPS) is 10.1. The molecule has 0 atom stereocenters. The fourth-order valence-corrected chi connectivity index (χ4v) is 1.85. The molecule has 0 unspecified atom stereocenters. The van der Waals surface area contributed by atoms with Crippen molar-refractivity contribution in [3.63, 3.8) is 0 Å². The molecular weight excluding hydrogens is 256 g/mol. The van der Waals surface area contributed by atoms with E-state index in [0.717, 1.165) is 11.0 Å². The first kappa shape index (κ1) is 12.0. The molecular formula is C11H15BrN2O. The maximum absolute atomic E-state index is 12.0. The van der Waals surface area contributed by atoms with Gasteiger partial charge in [0, 0.05) is 30.8 Å². The van der Waals surface area contributed by atoms with E-state index >= 15 is 0 Å². The number of rotatable bonds is 4. The predicted molar refractivity (Wildman–Crippen MR) is 65.0 cm³/mol. The van der Waals surface area contributed by atoms with E-state index in [2.05, 4.69) is 22.5 Å². The Bertz CT molecular complexity index is 371. The summed E-state index contributed by atoms with van der Waals surface area (Å²) in [4.78, 5) is 13.6. The monoisotopic (exact) mass is 270 g/mol. The lowest BCUT2D eigenvalue weighted by Crippen LogP contribution is -2.28. The standard InChI is InChI=1S/C11H15BrN2O/c1-4-6-13(3)11(15)10-7-9(12)8-14(10)5-2/h4,7-8H,1,5-6H2,2-3H3. The topological polar surface area (TPSA) is 25.2 Å². The zero-order valence-corrected chi connectivity index (χ0v) is 10.6. The zero-order valence-electron chi connectivity index (χ0n) is 9.03. The number of carbonyl (C=O) groups excluding carboxylic acids is 1. The van der Waals surface area contributed by atoms with Crippen molar-refractivity contribution in [1.82, 2.24) is 9.47 Å². The van der Waals surface area contributed by atoms with E-state index in [1.807, 2.05) is 23.8 Å². The van der Waals surface area contributed by atoms with Gasteiger partial charge in [-0.15, -0.1) is 6.58 Å². The summed E-state index contributed by atoms with van der Waals surface area (Å²) >= 11 is 3.37. The van der Waals surface area contributed by atoms with Gasteiger partial charge in [-0.1, -0.05) is 6.08 Å². The number of hydrogen-bond donors (Lipinski definition) is 0. The van der Waals surface area contributed by atoms with Crippen molar-refractivity contribution in [2.45, 2.75) is 13.5 Å². The second-order valence-electron chi connectivity index (χ2n) is 3.30. The van der Waals surface area contributed by atoms with Crippen LogP contribution >= 0.6 is 15.9 Å². The largest absolute Gasteiger partial charge is 0.343 e. The minimum absolute atomic E-state index is 0.0162. The van der Waals surface area contributed by atoms with Crippen LogP contribution in [0.3, 0.4) is 0 Å². The third-order valence-corrected chi connectivity index (χ3v) is 2.61. The molecule has 15 heavy (non-hydrogen) atoms. The van der Waals surface area contributed by atoms with Crippen LogP contribution in [0.5, 0.6) is 0 Å². The van der Waals surface area contributed by atoms with Crippen LogP contribution in [0.4, 0.5) is 0 Å². The molecule has 1 aromatic rings. The maximum Gasteiger partial charge on any atom is 0.270 e. The molecule has 0 spiro atoms. The molecule has 0 fully saturated rings. The van der Waals surface area contributed by atoms with Gasteiger partial charge in [0.15, 0.2) is 0 Å². The molecule has 82 valence electrons. The molecule has 1 aromatic heterocycles. The van der Waals surface area contributed by atoms with Crippen LogP contribution in [0.25, 0.3) is 0 Å². The van der Waals surface area contributed by atoms with Crippen LogP contribution < -0.4 is 0 Å². The lowest BCUT2D eigenvalue weighted by Gasteiger charge is -2.15. The Kier molecular flexibility index (Phi) is 4.15. The Labute approximate surface area is 98.5 Å². The van der Waals surface area contributed by atoms with E-state index in [-0.39, 0.29) is 5.91 Å². The molecule has 0 bridgehead atoms. The van der Waals surface area contributed by atoms with Crippen molar-refractivity contribution in [3.05, 3.63) is 35.1 Å². The average Bonchev–Trinajstić information content (AvgIpc) is 2.58. The van der Waals surface area contributed by atoms with Gasteiger partial charge < -0.3 is 9.47 Å². The van der Waals surface area contributed by atoms with Gasteiger partial charge in [0.1, 0.15) is 5.69 Å². The van der Waals surface area contributed by atoms with Gasteiger partial charge in [0.2, 0.25) is 0 Å². The molecule has 0 N–H and O–H groups in total. The van der Waals surface area contributed by atoms with E-state index in [1.165, 1.54) is 0 Å². The molecule has 1 heterocycles. The second-order valence-corrected chi connectivity index (χ2v) is 4.22. The van der Waals surface area contributed by atoms with Gasteiger partial charge in [-0.3, -0.25) is 4.79 Å². The summed E-state index contributed by atoms with van der Waals surface area (Å²) in [6.07, 6.45) is 3.63. The number of likely N-dealkylation sites (N-methyl/N-ethyl adjacent to an activating group) is 1. The molecule has 1 rings (SSSR count). The van der Waals surface area contributed by atoms with Crippen LogP contribution in [0, 0.1) is 0 Å². The molecule has 0 aliphatic carbocycles. The molecule has 0 aliphatic rings. The van der Waals surface area contributed by atoms with Crippen LogP contribution in [-0.2, 0) is 6.54 Å². The molecule has 1 amide bonds. The van der Waals surface area contributed by atoms with Crippen LogP contribution in [0.1, 0.15) is 17.4 Å². The van der Waals surface area contributed by atoms with Crippen molar-refractivity contribution in [1.29, 1.82) is 0 Å². The summed E-state index contributed by atoms with van der Waals surface area (Å²) in [7, 11) is 1.77. The van der Waals surface area contributed by atoms with E-state index in [0.29, 0.717) is 12.2 Å². The molecule has 0 saturated heterocycles. The summed E-state index contributed by atoms with van der Waals surface area (Å²) in [5.41, 5.74) is 0.703. The van der Waals surface area contributed by atoms with Crippen molar-refractivity contribution < 1.29 is 4.79 Å². The van der Waals surface area contributed by atoms with Crippen LogP contribution in [-0.4, -0.2) is 29.0 Å². The van der Waals surface area contributed by atoms with Gasteiger partial charge >= 0.3 is 0 Å². The minimum atomic E-state index is 0.0162. The molecule has 0 aliphatic heterocycles. The third kappa shape index (κ3) is 2.72. The lowest BCUT2D eigenvalue weighted by molar-refractivity contribution is 0.0800. The number of amides is 1. The Morgan fingerprint density at radius 2 is 2.40 bits per heavy atom. The van der Waals surface area contributed by atoms with E-state index in [1.54, 1.807) is 18.0 Å². The number of carbonyl (C=O) groups is 1. The van der Waals surface area contributed by atoms with Crippen molar-refractivity contribution in [2.75, 3.05) is 13.6 Å². The summed E-state index contributed by atoms with van der Waals surface area (Å²) in [6.45, 7) is 6.97. The number of aromatic nitrogens is 1. The minimum Gasteiger partial charge on any atom is -0.343 e. The number of halogens is 1. The smallest absolute Gasteiger partial charge is 0.270 e.